The van der Waals surface area contributed by atoms with Gasteiger partial charge in [-0.05, 0) is 23.6 Å². The van der Waals surface area contributed by atoms with Crippen LogP contribution in [-0.4, -0.2) is 31.1 Å². The molecule has 2 atom stereocenters. The Kier molecular flexibility index (Phi) is 4.72. The van der Waals surface area contributed by atoms with E-state index < -0.39 is 0 Å². The Bertz CT molecular complexity index is 375. The van der Waals surface area contributed by atoms with Gasteiger partial charge in [0.2, 0.25) is 0 Å². The van der Waals surface area contributed by atoms with E-state index in [2.05, 4.69) is 30.1 Å². The maximum absolute atomic E-state index is 13.4. The van der Waals surface area contributed by atoms with Gasteiger partial charge in [-0.2, -0.15) is 0 Å². The van der Waals surface area contributed by atoms with E-state index in [1.54, 1.807) is 6.07 Å². The number of hydrogen-bond donors (Lipinski definition) is 1. The first-order valence-corrected chi connectivity index (χ1v) is 6.92. The summed E-state index contributed by atoms with van der Waals surface area (Å²) in [6.45, 7) is 8.62. The van der Waals surface area contributed by atoms with Crippen molar-refractivity contribution in [2.45, 2.75) is 26.3 Å². The smallest absolute Gasteiger partial charge is 0.123 e. The summed E-state index contributed by atoms with van der Waals surface area (Å²) in [5, 5.41) is 3.37. The Morgan fingerprint density at radius 2 is 2.06 bits per heavy atom. The van der Waals surface area contributed by atoms with E-state index in [1.807, 2.05) is 6.07 Å². The molecule has 0 bridgehead atoms. The van der Waals surface area contributed by atoms with Crippen LogP contribution in [0.3, 0.4) is 0 Å². The molecule has 0 aromatic heterocycles. The second-order valence-corrected chi connectivity index (χ2v) is 5.17. The largest absolute Gasteiger partial charge is 0.314 e. The number of piperazine rings is 1. The van der Waals surface area contributed by atoms with Crippen molar-refractivity contribution in [1.29, 1.82) is 0 Å². The summed E-state index contributed by atoms with van der Waals surface area (Å²) in [4.78, 5) is 2.49. The minimum absolute atomic E-state index is 0.129. The zero-order valence-electron chi connectivity index (χ0n) is 11.3. The van der Waals surface area contributed by atoms with Crippen LogP contribution < -0.4 is 5.32 Å². The maximum Gasteiger partial charge on any atom is 0.123 e. The van der Waals surface area contributed by atoms with Crippen LogP contribution in [0.1, 0.15) is 31.9 Å². The van der Waals surface area contributed by atoms with Gasteiger partial charge in [-0.15, -0.1) is 0 Å². The lowest BCUT2D eigenvalue weighted by Crippen LogP contribution is -2.46. The third-order valence-corrected chi connectivity index (χ3v) is 3.92. The molecule has 0 spiro atoms. The topological polar surface area (TPSA) is 15.3 Å². The standard InChI is InChI=1S/C15H23FN2/c1-3-12(2)15(18-9-7-17-8-10-18)13-5-4-6-14(16)11-13/h4-6,11-12,15,17H,3,7-10H2,1-2H3/t12?,15-/m1/s1. The molecule has 1 aromatic carbocycles. The Morgan fingerprint density at radius 1 is 1.33 bits per heavy atom. The highest BCUT2D eigenvalue weighted by atomic mass is 19.1. The number of nitrogens with one attached hydrogen (secondary N) is 1. The van der Waals surface area contributed by atoms with Gasteiger partial charge in [0, 0.05) is 32.2 Å². The average molecular weight is 250 g/mol. The van der Waals surface area contributed by atoms with Crippen molar-refractivity contribution in [3.63, 3.8) is 0 Å². The Balaban J connectivity index is 2.23. The molecular weight excluding hydrogens is 227 g/mol. The van der Waals surface area contributed by atoms with Gasteiger partial charge in [0.1, 0.15) is 5.82 Å². The van der Waals surface area contributed by atoms with Crippen LogP contribution in [0, 0.1) is 11.7 Å². The molecule has 1 saturated heterocycles. The third kappa shape index (κ3) is 3.09. The molecular formula is C15H23FN2. The first-order valence-electron chi connectivity index (χ1n) is 6.92. The van der Waals surface area contributed by atoms with Crippen molar-refractivity contribution < 1.29 is 4.39 Å². The van der Waals surface area contributed by atoms with Gasteiger partial charge in [-0.25, -0.2) is 4.39 Å². The average Bonchev–Trinajstić information content (AvgIpc) is 2.40. The lowest BCUT2D eigenvalue weighted by atomic mass is 9.90. The fourth-order valence-corrected chi connectivity index (χ4v) is 2.77. The van der Waals surface area contributed by atoms with Crippen LogP contribution in [-0.2, 0) is 0 Å². The quantitative estimate of drug-likeness (QED) is 0.884. The predicted octanol–water partition coefficient (Wildman–Crippen LogP) is 2.82. The van der Waals surface area contributed by atoms with Crippen molar-refractivity contribution in [2.24, 2.45) is 5.92 Å². The van der Waals surface area contributed by atoms with Crippen molar-refractivity contribution in [3.8, 4) is 0 Å². The normalized spacial score (nSPS) is 20.6. The lowest BCUT2D eigenvalue weighted by molar-refractivity contribution is 0.128. The van der Waals surface area contributed by atoms with E-state index in [9.17, 15) is 4.39 Å². The molecule has 2 rings (SSSR count). The predicted molar refractivity (Wildman–Crippen MR) is 73.0 cm³/mol. The molecule has 100 valence electrons. The fraction of sp³-hybridized carbons (Fsp3) is 0.600. The fourth-order valence-electron chi connectivity index (χ4n) is 2.77. The van der Waals surface area contributed by atoms with E-state index in [1.165, 1.54) is 6.07 Å². The van der Waals surface area contributed by atoms with E-state index in [0.29, 0.717) is 12.0 Å². The van der Waals surface area contributed by atoms with Gasteiger partial charge in [0.25, 0.3) is 0 Å². The second kappa shape index (κ2) is 6.30. The zero-order valence-corrected chi connectivity index (χ0v) is 11.3. The van der Waals surface area contributed by atoms with E-state index in [4.69, 9.17) is 0 Å². The van der Waals surface area contributed by atoms with Gasteiger partial charge in [0.15, 0.2) is 0 Å². The van der Waals surface area contributed by atoms with Gasteiger partial charge in [-0.3, -0.25) is 4.90 Å². The van der Waals surface area contributed by atoms with Crippen LogP contribution in [0.5, 0.6) is 0 Å². The molecule has 1 heterocycles. The first-order chi connectivity index (χ1) is 8.72. The molecule has 3 heteroatoms. The summed E-state index contributed by atoms with van der Waals surface area (Å²) in [7, 11) is 0. The van der Waals surface area contributed by atoms with Crippen LogP contribution in [0.25, 0.3) is 0 Å². The van der Waals surface area contributed by atoms with Crippen molar-refractivity contribution in [2.75, 3.05) is 26.2 Å². The van der Waals surface area contributed by atoms with E-state index in [0.717, 1.165) is 38.2 Å². The van der Waals surface area contributed by atoms with Gasteiger partial charge < -0.3 is 5.32 Å². The molecule has 1 aromatic rings. The molecule has 0 saturated carbocycles. The molecule has 1 fully saturated rings. The highest BCUT2D eigenvalue weighted by Gasteiger charge is 2.26. The van der Waals surface area contributed by atoms with Gasteiger partial charge >= 0.3 is 0 Å². The summed E-state index contributed by atoms with van der Waals surface area (Å²) < 4.78 is 13.4. The Morgan fingerprint density at radius 3 is 2.67 bits per heavy atom. The summed E-state index contributed by atoms with van der Waals surface area (Å²) in [5.41, 5.74) is 1.12. The van der Waals surface area contributed by atoms with Crippen molar-refractivity contribution in [3.05, 3.63) is 35.6 Å². The summed E-state index contributed by atoms with van der Waals surface area (Å²) in [5.74, 6) is 0.417. The molecule has 1 N–H and O–H groups in total. The van der Waals surface area contributed by atoms with Crippen LogP contribution in [0.2, 0.25) is 0 Å². The zero-order chi connectivity index (χ0) is 13.0. The monoisotopic (exact) mass is 250 g/mol. The summed E-state index contributed by atoms with van der Waals surface area (Å²) >= 11 is 0. The summed E-state index contributed by atoms with van der Waals surface area (Å²) in [6.07, 6.45) is 1.12. The number of halogens is 1. The SMILES string of the molecule is CCC(C)[C@H](c1cccc(F)c1)N1CCNCC1. The number of nitrogens with zero attached hydrogens (tertiary/aromatic N) is 1. The maximum atomic E-state index is 13.4. The molecule has 0 amide bonds. The minimum Gasteiger partial charge on any atom is -0.314 e. The third-order valence-electron chi connectivity index (χ3n) is 3.92. The Labute approximate surface area is 109 Å². The van der Waals surface area contributed by atoms with Crippen LogP contribution in [0.4, 0.5) is 4.39 Å². The highest BCUT2D eigenvalue weighted by molar-refractivity contribution is 5.21. The van der Waals surface area contributed by atoms with Crippen LogP contribution in [0.15, 0.2) is 24.3 Å². The first kappa shape index (κ1) is 13.5. The molecule has 0 aliphatic carbocycles. The number of rotatable bonds is 4. The van der Waals surface area contributed by atoms with Gasteiger partial charge in [-0.1, -0.05) is 32.4 Å². The second-order valence-electron chi connectivity index (χ2n) is 5.17. The molecule has 18 heavy (non-hydrogen) atoms. The summed E-state index contributed by atoms with van der Waals surface area (Å²) in [6, 6.07) is 7.44. The molecule has 1 unspecified atom stereocenters. The highest BCUT2D eigenvalue weighted by Crippen LogP contribution is 2.31. The van der Waals surface area contributed by atoms with E-state index in [-0.39, 0.29) is 5.82 Å². The van der Waals surface area contributed by atoms with Crippen LogP contribution >= 0.6 is 0 Å². The Hall–Kier alpha value is -0.930. The molecule has 1 aliphatic rings. The molecule has 1 aliphatic heterocycles. The van der Waals surface area contributed by atoms with Gasteiger partial charge in [0.05, 0.1) is 0 Å². The minimum atomic E-state index is -0.129. The lowest BCUT2D eigenvalue weighted by Gasteiger charge is -2.38. The molecule has 0 radical (unpaired) electrons. The number of hydrogen-bond acceptors (Lipinski definition) is 2. The van der Waals surface area contributed by atoms with Crippen molar-refractivity contribution in [1.82, 2.24) is 10.2 Å². The van der Waals surface area contributed by atoms with E-state index >= 15 is 0 Å². The van der Waals surface area contributed by atoms with Crippen molar-refractivity contribution >= 4 is 0 Å². The molecule has 2 nitrogen and oxygen atoms in total. The number of benzene rings is 1.